The van der Waals surface area contributed by atoms with Crippen LogP contribution in [0.25, 0.3) is 0 Å². The van der Waals surface area contributed by atoms with E-state index in [1.165, 1.54) is 0 Å². The fraction of sp³-hybridized carbons (Fsp3) is 0.824. The summed E-state index contributed by atoms with van der Waals surface area (Å²) in [6, 6.07) is 2.03. The Morgan fingerprint density at radius 3 is 2.30 bits per heavy atom. The number of hydrogen-bond acceptors (Lipinski definition) is 5. The van der Waals surface area contributed by atoms with Crippen LogP contribution in [-0.4, -0.2) is 62.6 Å². The largest absolute Gasteiger partial charge is 0.416 e. The quantitative estimate of drug-likeness (QED) is 0.745. The summed E-state index contributed by atoms with van der Waals surface area (Å²) in [7, 11) is -1.61. The zero-order valence-corrected chi connectivity index (χ0v) is 16.7. The highest BCUT2D eigenvalue weighted by Crippen LogP contribution is 2.36. The fourth-order valence-electron chi connectivity index (χ4n) is 2.54. The lowest BCUT2D eigenvalue weighted by Crippen LogP contribution is -2.48. The van der Waals surface area contributed by atoms with E-state index >= 15 is 0 Å². The zero-order valence-electron chi connectivity index (χ0n) is 15.7. The number of nitrogens with zero attached hydrogens (tertiary/aromatic N) is 3. The first-order chi connectivity index (χ1) is 10.7. The third-order valence-corrected chi connectivity index (χ3v) is 9.74. The van der Waals surface area contributed by atoms with Crippen molar-refractivity contribution in [3.05, 3.63) is 17.5 Å². The molecule has 1 saturated heterocycles. The summed E-state index contributed by atoms with van der Waals surface area (Å²) in [5.41, 5.74) is 1.04. The van der Waals surface area contributed by atoms with Crippen molar-refractivity contribution >= 4 is 8.32 Å². The smallest absolute Gasteiger partial charge is 0.192 e. The average molecular weight is 340 g/mol. The summed E-state index contributed by atoms with van der Waals surface area (Å²) < 4.78 is 11.4. The van der Waals surface area contributed by atoms with Gasteiger partial charge in [-0.25, -0.2) is 0 Å². The third kappa shape index (κ3) is 5.41. The molecule has 132 valence electrons. The van der Waals surface area contributed by atoms with E-state index in [9.17, 15) is 0 Å². The molecule has 1 aliphatic heterocycles. The molecule has 0 aromatic carbocycles. The second-order valence-electron chi connectivity index (χ2n) is 8.16. The van der Waals surface area contributed by atoms with E-state index in [0.717, 1.165) is 57.3 Å². The lowest BCUT2D eigenvalue weighted by Gasteiger charge is -2.38. The maximum atomic E-state index is 6.28. The third-order valence-electron chi connectivity index (χ3n) is 5.20. The molecule has 0 amide bonds. The minimum Gasteiger partial charge on any atom is -0.416 e. The first kappa shape index (κ1) is 18.6. The monoisotopic (exact) mass is 339 g/mol. The van der Waals surface area contributed by atoms with Gasteiger partial charge in [-0.3, -0.25) is 9.80 Å². The van der Waals surface area contributed by atoms with Gasteiger partial charge in [-0.15, -0.1) is 0 Å². The van der Waals surface area contributed by atoms with E-state index in [-0.39, 0.29) is 0 Å². The van der Waals surface area contributed by atoms with Gasteiger partial charge in [0.15, 0.2) is 8.32 Å². The van der Waals surface area contributed by atoms with Crippen molar-refractivity contribution < 1.29 is 8.95 Å². The van der Waals surface area contributed by atoms with Crippen LogP contribution in [0.3, 0.4) is 0 Å². The molecule has 0 spiro atoms. The summed E-state index contributed by atoms with van der Waals surface area (Å²) >= 11 is 0. The van der Waals surface area contributed by atoms with E-state index < -0.39 is 8.32 Å². The number of aromatic nitrogens is 1. The Bertz CT molecular complexity index is 488. The second kappa shape index (κ2) is 7.47. The van der Waals surface area contributed by atoms with Crippen LogP contribution in [0.1, 0.15) is 32.2 Å². The van der Waals surface area contributed by atoms with Crippen LogP contribution in [0.2, 0.25) is 18.1 Å². The topological polar surface area (TPSA) is 41.7 Å². The van der Waals surface area contributed by atoms with Crippen molar-refractivity contribution in [1.82, 2.24) is 15.0 Å². The van der Waals surface area contributed by atoms with Crippen molar-refractivity contribution in [2.24, 2.45) is 0 Å². The second-order valence-corrected chi connectivity index (χ2v) is 13.0. The number of piperazine rings is 1. The molecule has 5 nitrogen and oxygen atoms in total. The maximum absolute atomic E-state index is 6.28. The molecular weight excluding hydrogens is 306 g/mol. The van der Waals surface area contributed by atoms with Gasteiger partial charge in [-0.05, 0) is 25.1 Å². The van der Waals surface area contributed by atoms with E-state index in [4.69, 9.17) is 8.95 Å². The molecule has 0 bridgehead atoms. The van der Waals surface area contributed by atoms with Crippen LogP contribution in [0.4, 0.5) is 0 Å². The lowest BCUT2D eigenvalue weighted by atomic mass is 10.2. The SMILES string of the molecule is Cc1cc(CN2CCN(CCO[Si](C)(C)C(C)(C)C)CC2)no1. The van der Waals surface area contributed by atoms with Crippen LogP contribution in [0.15, 0.2) is 10.6 Å². The van der Waals surface area contributed by atoms with E-state index in [2.05, 4.69) is 48.8 Å². The molecule has 0 N–H and O–H groups in total. The Morgan fingerprint density at radius 1 is 1.17 bits per heavy atom. The summed E-state index contributed by atoms with van der Waals surface area (Å²) in [5, 5.41) is 4.38. The highest BCUT2D eigenvalue weighted by atomic mass is 28.4. The molecule has 2 heterocycles. The van der Waals surface area contributed by atoms with Gasteiger partial charge < -0.3 is 8.95 Å². The van der Waals surface area contributed by atoms with E-state index in [1.54, 1.807) is 0 Å². The Balaban J connectivity index is 1.67. The molecule has 1 fully saturated rings. The van der Waals surface area contributed by atoms with Crippen molar-refractivity contribution in [2.45, 2.75) is 52.4 Å². The molecule has 2 rings (SSSR count). The fourth-order valence-corrected chi connectivity index (χ4v) is 3.57. The molecule has 23 heavy (non-hydrogen) atoms. The van der Waals surface area contributed by atoms with Crippen LogP contribution in [0.5, 0.6) is 0 Å². The first-order valence-corrected chi connectivity index (χ1v) is 11.6. The van der Waals surface area contributed by atoms with E-state index in [1.807, 2.05) is 13.0 Å². The Morgan fingerprint density at radius 2 is 1.78 bits per heavy atom. The van der Waals surface area contributed by atoms with Gasteiger partial charge in [0.05, 0.1) is 5.69 Å². The van der Waals surface area contributed by atoms with Gasteiger partial charge in [0.1, 0.15) is 5.76 Å². The predicted molar refractivity (Wildman–Crippen MR) is 96.1 cm³/mol. The highest BCUT2D eigenvalue weighted by Gasteiger charge is 2.37. The first-order valence-electron chi connectivity index (χ1n) is 8.68. The highest BCUT2D eigenvalue weighted by molar-refractivity contribution is 6.74. The van der Waals surface area contributed by atoms with Crippen molar-refractivity contribution in [2.75, 3.05) is 39.3 Å². The molecule has 0 aliphatic carbocycles. The van der Waals surface area contributed by atoms with Gasteiger partial charge in [0.2, 0.25) is 0 Å². The number of hydrogen-bond donors (Lipinski definition) is 0. The van der Waals surface area contributed by atoms with Gasteiger partial charge in [0.25, 0.3) is 0 Å². The molecule has 0 radical (unpaired) electrons. The summed E-state index contributed by atoms with van der Waals surface area (Å²) in [4.78, 5) is 4.96. The molecule has 6 heteroatoms. The zero-order chi connectivity index (χ0) is 17.1. The number of rotatable bonds is 6. The molecule has 0 saturated carbocycles. The molecule has 1 aromatic heterocycles. The molecule has 1 aliphatic rings. The average Bonchev–Trinajstić information content (AvgIpc) is 2.85. The summed E-state index contributed by atoms with van der Waals surface area (Å²) in [6.45, 7) is 20.7. The number of aryl methyl sites for hydroxylation is 1. The molecule has 1 aromatic rings. The Kier molecular flexibility index (Phi) is 6.05. The predicted octanol–water partition coefficient (Wildman–Crippen LogP) is 3.12. The standard InChI is InChI=1S/C17H33N3O2Si/c1-15-13-16(18-22-15)14-20-9-7-19(8-10-20)11-12-21-23(5,6)17(2,3)4/h13H,7-12,14H2,1-6H3. The minimum absolute atomic E-state index is 0.293. The maximum Gasteiger partial charge on any atom is 0.192 e. The van der Waals surface area contributed by atoms with Crippen LogP contribution in [0, 0.1) is 6.92 Å². The van der Waals surface area contributed by atoms with Gasteiger partial charge in [0, 0.05) is 51.9 Å². The van der Waals surface area contributed by atoms with Gasteiger partial charge >= 0.3 is 0 Å². The Hall–Kier alpha value is -0.693. The lowest BCUT2D eigenvalue weighted by molar-refractivity contribution is 0.108. The van der Waals surface area contributed by atoms with Crippen molar-refractivity contribution in [3.63, 3.8) is 0 Å². The van der Waals surface area contributed by atoms with Crippen LogP contribution < -0.4 is 0 Å². The molecule has 0 unspecified atom stereocenters. The summed E-state index contributed by atoms with van der Waals surface area (Å²) in [5.74, 6) is 0.890. The molecular formula is C17H33N3O2Si. The normalized spacial score (nSPS) is 18.5. The van der Waals surface area contributed by atoms with E-state index in [0.29, 0.717) is 5.04 Å². The minimum atomic E-state index is -1.61. The van der Waals surface area contributed by atoms with Crippen LogP contribution in [-0.2, 0) is 11.0 Å². The van der Waals surface area contributed by atoms with Gasteiger partial charge in [-0.1, -0.05) is 25.9 Å². The van der Waals surface area contributed by atoms with Gasteiger partial charge in [-0.2, -0.15) is 0 Å². The van der Waals surface area contributed by atoms with Crippen molar-refractivity contribution in [1.29, 1.82) is 0 Å². The van der Waals surface area contributed by atoms with Crippen LogP contribution >= 0.6 is 0 Å². The summed E-state index contributed by atoms with van der Waals surface area (Å²) in [6.07, 6.45) is 0. The Labute approximate surface area is 142 Å². The van der Waals surface area contributed by atoms with Crippen molar-refractivity contribution in [3.8, 4) is 0 Å². The molecule has 0 atom stereocenters.